The third kappa shape index (κ3) is 0.817. The van der Waals surface area contributed by atoms with E-state index in [-0.39, 0.29) is 0 Å². The highest BCUT2D eigenvalue weighted by atomic mass is 15.0. The van der Waals surface area contributed by atoms with Crippen LogP contribution < -0.4 is 0 Å². The van der Waals surface area contributed by atoms with Gasteiger partial charge in [-0.2, -0.15) is 0 Å². The minimum Gasteiger partial charge on any atom is -0.242 e. The summed E-state index contributed by atoms with van der Waals surface area (Å²) >= 11 is 0. The van der Waals surface area contributed by atoms with Gasteiger partial charge in [0, 0.05) is 12.8 Å². The van der Waals surface area contributed by atoms with Crippen LogP contribution in [0.2, 0.25) is 0 Å². The first-order valence-corrected chi connectivity index (χ1v) is 2.84. The zero-order valence-electron chi connectivity index (χ0n) is 4.85. The molecule has 0 radical (unpaired) electrons. The van der Waals surface area contributed by atoms with Crippen molar-refractivity contribution in [3.8, 4) is 0 Å². The Morgan fingerprint density at radius 3 is 2.14 bits per heavy atom. The van der Waals surface area contributed by atoms with Crippen molar-refractivity contribution in [2.75, 3.05) is 7.05 Å². The van der Waals surface area contributed by atoms with E-state index < -0.39 is 0 Å². The van der Waals surface area contributed by atoms with E-state index in [2.05, 4.69) is 11.3 Å². The minimum absolute atomic E-state index is 0.806. The van der Waals surface area contributed by atoms with Crippen LogP contribution in [0.3, 0.4) is 0 Å². The Hall–Kier alpha value is -0.330. The predicted octanol–water partition coefficient (Wildman–Crippen LogP) is 0.882. The van der Waals surface area contributed by atoms with E-state index in [9.17, 15) is 0 Å². The summed E-state index contributed by atoms with van der Waals surface area (Å²) in [5.41, 5.74) is 0. The fraction of sp³-hybridized carbons (Fsp3) is 0.833. The first-order valence-electron chi connectivity index (χ1n) is 2.84. The van der Waals surface area contributed by atoms with Crippen molar-refractivity contribution in [2.24, 2.45) is 0 Å². The molecule has 0 amide bonds. The fourth-order valence-electron chi connectivity index (χ4n) is 0.827. The van der Waals surface area contributed by atoms with Crippen LogP contribution in [0.15, 0.2) is 0 Å². The third-order valence-electron chi connectivity index (χ3n) is 1.70. The molecule has 1 aliphatic carbocycles. The third-order valence-corrected chi connectivity index (χ3v) is 1.70. The largest absolute Gasteiger partial charge is 0.242 e. The number of hydrogen-bond donors (Lipinski definition) is 0. The van der Waals surface area contributed by atoms with Crippen LogP contribution in [-0.2, 0) is 0 Å². The van der Waals surface area contributed by atoms with Gasteiger partial charge in [-0.25, -0.2) is 4.58 Å². The maximum absolute atomic E-state index is 3.79. The topological polar surface area (TPSA) is 3.01 Å². The van der Waals surface area contributed by atoms with Crippen LogP contribution >= 0.6 is 0 Å². The van der Waals surface area contributed by atoms with Crippen LogP contribution in [-0.4, -0.2) is 24.4 Å². The Morgan fingerprint density at radius 1 is 1.57 bits per heavy atom. The van der Waals surface area contributed by atoms with Gasteiger partial charge in [0.25, 0.3) is 0 Å². The monoisotopic (exact) mass is 98.1 g/mol. The van der Waals surface area contributed by atoms with Gasteiger partial charge in [0.05, 0.1) is 0 Å². The molecule has 0 spiro atoms. The molecule has 1 heteroatoms. The zero-order valence-corrected chi connectivity index (χ0v) is 4.85. The quantitative estimate of drug-likeness (QED) is 0.338. The molecule has 0 aromatic carbocycles. The van der Waals surface area contributed by atoms with Crippen LogP contribution in [0, 0.1) is 0 Å². The first-order chi connectivity index (χ1) is 3.30. The maximum Gasteiger partial charge on any atom is 0.151 e. The second-order valence-corrected chi connectivity index (χ2v) is 2.34. The summed E-state index contributed by atoms with van der Waals surface area (Å²) in [4.78, 5) is 0. The molecule has 7 heavy (non-hydrogen) atoms. The maximum atomic E-state index is 3.79. The Morgan fingerprint density at radius 2 is 2.14 bits per heavy atom. The highest BCUT2D eigenvalue weighted by Gasteiger charge is 2.23. The lowest BCUT2D eigenvalue weighted by molar-refractivity contribution is -0.543. The summed E-state index contributed by atoms with van der Waals surface area (Å²) in [6.45, 7) is 3.79. The average Bonchev–Trinajstić information content (AvgIpc) is 1.23. The minimum atomic E-state index is 0.806. The second kappa shape index (κ2) is 1.65. The van der Waals surface area contributed by atoms with E-state index in [0.717, 1.165) is 6.04 Å². The Kier molecular flexibility index (Phi) is 1.13. The Labute approximate surface area is 44.7 Å². The molecule has 1 rings (SSSR count). The lowest BCUT2D eigenvalue weighted by atomic mass is 9.93. The van der Waals surface area contributed by atoms with Gasteiger partial charge in [-0.15, -0.1) is 0 Å². The summed E-state index contributed by atoms with van der Waals surface area (Å²) in [6.07, 6.45) is 4.13. The van der Waals surface area contributed by atoms with E-state index in [1.807, 2.05) is 7.05 Å². The second-order valence-electron chi connectivity index (χ2n) is 2.34. The molecule has 0 aliphatic heterocycles. The number of rotatable bonds is 1. The normalized spacial score (nSPS) is 21.3. The average molecular weight is 98.2 g/mol. The van der Waals surface area contributed by atoms with Crippen molar-refractivity contribution in [1.82, 2.24) is 0 Å². The molecule has 0 heterocycles. The molecule has 1 nitrogen and oxygen atoms in total. The Bertz CT molecular complexity index is 82.2. The summed E-state index contributed by atoms with van der Waals surface area (Å²) in [5.74, 6) is 0. The molecule has 0 atom stereocenters. The van der Waals surface area contributed by atoms with Gasteiger partial charge >= 0.3 is 0 Å². The van der Waals surface area contributed by atoms with E-state index in [1.54, 1.807) is 0 Å². The van der Waals surface area contributed by atoms with Gasteiger partial charge in [-0.05, 0) is 6.42 Å². The van der Waals surface area contributed by atoms with Gasteiger partial charge in [-0.3, -0.25) is 0 Å². The van der Waals surface area contributed by atoms with Crippen molar-refractivity contribution < 1.29 is 4.58 Å². The molecule has 1 saturated carbocycles. The van der Waals surface area contributed by atoms with Gasteiger partial charge in [0.15, 0.2) is 6.04 Å². The van der Waals surface area contributed by atoms with Gasteiger partial charge in [0.1, 0.15) is 13.8 Å². The van der Waals surface area contributed by atoms with Crippen molar-refractivity contribution in [2.45, 2.75) is 25.3 Å². The van der Waals surface area contributed by atoms with Crippen LogP contribution in [0.1, 0.15) is 19.3 Å². The molecular formula is C6H12N+. The summed E-state index contributed by atoms with van der Waals surface area (Å²) in [6, 6.07) is 0.806. The lowest BCUT2D eigenvalue weighted by Gasteiger charge is -2.19. The molecular weight excluding hydrogens is 86.1 g/mol. The molecule has 1 aliphatic rings. The molecule has 0 saturated heterocycles. The van der Waals surface area contributed by atoms with Crippen molar-refractivity contribution in [3.05, 3.63) is 0 Å². The van der Waals surface area contributed by atoms with E-state index in [4.69, 9.17) is 0 Å². The van der Waals surface area contributed by atoms with Gasteiger partial charge in [-0.1, -0.05) is 0 Å². The van der Waals surface area contributed by atoms with E-state index in [0.29, 0.717) is 0 Å². The van der Waals surface area contributed by atoms with E-state index >= 15 is 0 Å². The number of hydrogen-bond acceptors (Lipinski definition) is 0. The van der Waals surface area contributed by atoms with Gasteiger partial charge in [0.2, 0.25) is 0 Å². The van der Waals surface area contributed by atoms with Crippen molar-refractivity contribution >= 4 is 6.72 Å². The molecule has 0 N–H and O–H groups in total. The molecule has 1 fully saturated rings. The van der Waals surface area contributed by atoms with Crippen LogP contribution in [0.4, 0.5) is 0 Å². The molecule has 0 aromatic heterocycles. The highest BCUT2D eigenvalue weighted by molar-refractivity contribution is 5.14. The summed E-state index contributed by atoms with van der Waals surface area (Å²) < 4.78 is 2.06. The fourth-order valence-corrected chi connectivity index (χ4v) is 0.827. The molecule has 40 valence electrons. The lowest BCUT2D eigenvalue weighted by Crippen LogP contribution is -2.28. The van der Waals surface area contributed by atoms with Crippen molar-refractivity contribution in [1.29, 1.82) is 0 Å². The van der Waals surface area contributed by atoms with Crippen molar-refractivity contribution in [3.63, 3.8) is 0 Å². The highest BCUT2D eigenvalue weighted by Crippen LogP contribution is 2.19. The smallest absolute Gasteiger partial charge is 0.151 e. The molecule has 0 aromatic rings. The predicted molar refractivity (Wildman–Crippen MR) is 30.9 cm³/mol. The standard InChI is InChI=1S/C6H12N/c1-7(2)6-4-3-5-6/h6H,1,3-5H2,2H3/q+1. The molecule has 0 unspecified atom stereocenters. The van der Waals surface area contributed by atoms with Crippen LogP contribution in [0.5, 0.6) is 0 Å². The SMILES string of the molecule is C=[N+](C)C1CCC1. The van der Waals surface area contributed by atoms with E-state index in [1.165, 1.54) is 19.3 Å². The van der Waals surface area contributed by atoms with Crippen LogP contribution in [0.25, 0.3) is 0 Å². The summed E-state index contributed by atoms with van der Waals surface area (Å²) in [5, 5.41) is 0. The zero-order chi connectivity index (χ0) is 5.28. The van der Waals surface area contributed by atoms with Gasteiger partial charge < -0.3 is 0 Å². The summed E-state index contributed by atoms with van der Waals surface area (Å²) in [7, 11) is 2.05. The number of nitrogens with zero attached hydrogens (tertiary/aromatic N) is 1. The first kappa shape index (κ1) is 4.82. The Balaban J connectivity index is 2.27. The molecule has 0 bridgehead atoms.